The summed E-state index contributed by atoms with van der Waals surface area (Å²) in [5, 5.41) is 6.99. The first-order valence-corrected chi connectivity index (χ1v) is 16.0. The maximum Gasteiger partial charge on any atom is 0.256 e. The van der Waals surface area contributed by atoms with Gasteiger partial charge in [0.25, 0.3) is 5.91 Å². The van der Waals surface area contributed by atoms with Crippen LogP contribution in [0.2, 0.25) is 0 Å². The molecular formula is C28H33N7O4S2. The summed E-state index contributed by atoms with van der Waals surface area (Å²) in [4.78, 5) is 39.5. The Bertz CT molecular complexity index is 1650. The normalized spacial score (nSPS) is 20.0. The van der Waals surface area contributed by atoms with Crippen molar-refractivity contribution in [2.75, 3.05) is 30.4 Å². The molecule has 1 aliphatic carbocycles. The van der Waals surface area contributed by atoms with Gasteiger partial charge in [0.1, 0.15) is 11.6 Å². The van der Waals surface area contributed by atoms with Crippen LogP contribution in [0.4, 0.5) is 16.8 Å². The predicted octanol–water partition coefficient (Wildman–Crippen LogP) is 3.24. The van der Waals surface area contributed by atoms with Crippen LogP contribution in [-0.2, 0) is 21.4 Å². The molecule has 4 heterocycles. The van der Waals surface area contributed by atoms with Crippen molar-refractivity contribution < 1.29 is 18.0 Å². The molecule has 2 fully saturated rings. The second-order valence-corrected chi connectivity index (χ2v) is 13.8. The molecule has 0 bridgehead atoms. The number of piperazine rings is 1. The molecule has 2 aliphatic heterocycles. The molecule has 2 amide bonds. The number of thiazole rings is 1. The highest BCUT2D eigenvalue weighted by molar-refractivity contribution is 7.89. The largest absolute Gasteiger partial charge is 0.331 e. The summed E-state index contributed by atoms with van der Waals surface area (Å²) in [5.74, 6) is 1.32. The maximum atomic E-state index is 13.4. The number of nitrogens with one attached hydrogen (secondary N) is 3. The number of nitrogens with zero attached hydrogens (tertiary/aromatic N) is 4. The number of rotatable bonds is 8. The lowest BCUT2D eigenvalue weighted by atomic mass is 10.0. The molecule has 3 N–H and O–H groups in total. The molecule has 6 rings (SSSR count). The molecule has 2 aromatic heterocycles. The smallest absolute Gasteiger partial charge is 0.256 e. The fourth-order valence-corrected chi connectivity index (χ4v) is 7.49. The third-order valence-electron chi connectivity index (χ3n) is 8.02. The fraction of sp³-hybridized carbons (Fsp3) is 0.429. The van der Waals surface area contributed by atoms with E-state index in [2.05, 4.69) is 25.3 Å². The number of amides is 2. The summed E-state index contributed by atoms with van der Waals surface area (Å²) < 4.78 is 28.6. The minimum Gasteiger partial charge on any atom is -0.331 e. The molecule has 1 saturated carbocycles. The van der Waals surface area contributed by atoms with Crippen LogP contribution in [0.5, 0.6) is 0 Å². The SMILES string of the molecule is CNS(=O)(=O)c1cc(-c2sc(Nc3cccc(N4C[C@@H](C)NCC4=O)n3)nc2C)cc2c1C(=O)N(C(C)C1CC1)C2. The Hall–Kier alpha value is -3.39. The van der Waals surface area contributed by atoms with Gasteiger partial charge in [-0.15, -0.1) is 0 Å². The van der Waals surface area contributed by atoms with E-state index < -0.39 is 10.0 Å². The molecule has 3 aliphatic rings. The quantitative estimate of drug-likeness (QED) is 0.361. The van der Waals surface area contributed by atoms with E-state index in [-0.39, 0.29) is 40.9 Å². The second kappa shape index (κ2) is 10.5. The Balaban J connectivity index is 1.32. The van der Waals surface area contributed by atoms with Crippen LogP contribution < -0.4 is 20.3 Å². The van der Waals surface area contributed by atoms with Crippen LogP contribution in [0.3, 0.4) is 0 Å². The molecule has 13 heteroatoms. The number of carbonyl (C=O) groups excluding carboxylic acids is 2. The minimum atomic E-state index is -3.89. The van der Waals surface area contributed by atoms with E-state index in [4.69, 9.17) is 0 Å². The van der Waals surface area contributed by atoms with Gasteiger partial charge in [0.2, 0.25) is 15.9 Å². The zero-order valence-corrected chi connectivity index (χ0v) is 25.0. The zero-order valence-electron chi connectivity index (χ0n) is 23.4. The monoisotopic (exact) mass is 595 g/mol. The molecule has 11 nitrogen and oxygen atoms in total. The van der Waals surface area contributed by atoms with Crippen molar-refractivity contribution in [1.82, 2.24) is 24.9 Å². The van der Waals surface area contributed by atoms with Crippen molar-refractivity contribution in [2.24, 2.45) is 5.92 Å². The van der Waals surface area contributed by atoms with E-state index in [0.717, 1.165) is 23.4 Å². The molecular weight excluding hydrogens is 562 g/mol. The summed E-state index contributed by atoms with van der Waals surface area (Å²) in [7, 11) is -2.54. The highest BCUT2D eigenvalue weighted by Gasteiger charge is 2.41. The van der Waals surface area contributed by atoms with Crippen molar-refractivity contribution in [1.29, 1.82) is 0 Å². The summed E-state index contributed by atoms with van der Waals surface area (Å²) in [6.07, 6.45) is 2.18. The minimum absolute atomic E-state index is 0.00501. The van der Waals surface area contributed by atoms with E-state index in [1.807, 2.05) is 45.0 Å². The number of benzene rings is 1. The lowest BCUT2D eigenvalue weighted by Gasteiger charge is -2.31. The molecule has 3 aromatic rings. The molecule has 0 spiro atoms. The lowest BCUT2D eigenvalue weighted by Crippen LogP contribution is -2.53. The lowest BCUT2D eigenvalue weighted by molar-refractivity contribution is -0.118. The summed E-state index contributed by atoms with van der Waals surface area (Å²) in [5.41, 5.74) is 2.38. The van der Waals surface area contributed by atoms with Gasteiger partial charge in [-0.1, -0.05) is 17.4 Å². The highest BCUT2D eigenvalue weighted by atomic mass is 32.2. The van der Waals surface area contributed by atoms with Gasteiger partial charge in [0, 0.05) is 25.2 Å². The number of anilines is 3. The first kappa shape index (κ1) is 27.8. The van der Waals surface area contributed by atoms with Crippen LogP contribution in [0.15, 0.2) is 35.2 Å². The number of aryl methyl sites for hydroxylation is 1. The third kappa shape index (κ3) is 5.23. The van der Waals surface area contributed by atoms with E-state index in [1.54, 1.807) is 15.9 Å². The van der Waals surface area contributed by atoms with Gasteiger partial charge in [-0.2, -0.15) is 0 Å². The second-order valence-electron chi connectivity index (χ2n) is 11.0. The maximum absolute atomic E-state index is 13.4. The van der Waals surface area contributed by atoms with E-state index in [0.29, 0.717) is 46.9 Å². The van der Waals surface area contributed by atoms with Crippen molar-refractivity contribution in [2.45, 2.75) is 57.1 Å². The molecule has 2 atom stereocenters. The zero-order chi connectivity index (χ0) is 29.1. The molecule has 1 unspecified atom stereocenters. The molecule has 1 aromatic carbocycles. The van der Waals surface area contributed by atoms with Crippen LogP contribution in [0, 0.1) is 12.8 Å². The number of sulfonamides is 1. The summed E-state index contributed by atoms with van der Waals surface area (Å²) in [6, 6.07) is 9.18. The summed E-state index contributed by atoms with van der Waals surface area (Å²) in [6.45, 7) is 7.12. The molecule has 1 saturated heterocycles. The number of pyridine rings is 1. The van der Waals surface area contributed by atoms with Gasteiger partial charge in [-0.25, -0.2) is 23.1 Å². The number of hydrogen-bond donors (Lipinski definition) is 3. The van der Waals surface area contributed by atoms with E-state index >= 15 is 0 Å². The van der Waals surface area contributed by atoms with E-state index in [9.17, 15) is 18.0 Å². The van der Waals surface area contributed by atoms with Crippen LogP contribution in [0.25, 0.3) is 10.4 Å². The number of aromatic nitrogens is 2. The van der Waals surface area contributed by atoms with Gasteiger partial charge in [-0.3, -0.25) is 14.5 Å². The third-order valence-corrected chi connectivity index (χ3v) is 10.6. The fourth-order valence-electron chi connectivity index (χ4n) is 5.54. The van der Waals surface area contributed by atoms with Gasteiger partial charge >= 0.3 is 0 Å². The standard InChI is InChI=1S/C28H33N7O4S2/c1-15-13-35(24(36)12-30-15)23-7-5-6-22(32-23)33-28-31-16(2)26(40-28)19-10-20-14-34(17(3)18-8-9-18)27(37)25(20)21(11-19)41(38,39)29-4/h5-7,10-11,15,17-18,29-30H,8-9,12-14H2,1-4H3,(H,31,32,33)/t15-,17?/m1/s1. The Labute approximate surface area is 243 Å². The van der Waals surface area contributed by atoms with Crippen molar-refractivity contribution >= 4 is 49.9 Å². The number of fused-ring (bicyclic) bond motifs is 1. The predicted molar refractivity (Wildman–Crippen MR) is 158 cm³/mol. The van der Waals surface area contributed by atoms with Gasteiger partial charge in [0.05, 0.1) is 27.6 Å². The van der Waals surface area contributed by atoms with Gasteiger partial charge < -0.3 is 15.5 Å². The molecule has 0 radical (unpaired) electrons. The van der Waals surface area contributed by atoms with Crippen LogP contribution in [0.1, 0.15) is 48.3 Å². The van der Waals surface area contributed by atoms with Gasteiger partial charge in [0.15, 0.2) is 5.13 Å². The average molecular weight is 596 g/mol. The average Bonchev–Trinajstić information content (AvgIpc) is 3.67. The Morgan fingerprint density at radius 2 is 1.95 bits per heavy atom. The highest BCUT2D eigenvalue weighted by Crippen LogP contribution is 2.42. The first-order valence-electron chi connectivity index (χ1n) is 13.7. The number of carbonyl (C=O) groups is 2. The van der Waals surface area contributed by atoms with Gasteiger partial charge in [-0.05, 0) is 82.0 Å². The number of hydrogen-bond acceptors (Lipinski definition) is 9. The molecule has 41 heavy (non-hydrogen) atoms. The van der Waals surface area contributed by atoms with Crippen molar-refractivity contribution in [3.8, 4) is 10.4 Å². The van der Waals surface area contributed by atoms with Crippen LogP contribution >= 0.6 is 11.3 Å². The Morgan fingerprint density at radius 3 is 2.68 bits per heavy atom. The van der Waals surface area contributed by atoms with E-state index in [1.165, 1.54) is 18.4 Å². The Morgan fingerprint density at radius 1 is 1.17 bits per heavy atom. The molecule has 216 valence electrons. The summed E-state index contributed by atoms with van der Waals surface area (Å²) >= 11 is 1.38. The topological polar surface area (TPSA) is 137 Å². The Kier molecular flexibility index (Phi) is 7.09. The van der Waals surface area contributed by atoms with Crippen LogP contribution in [-0.4, -0.2) is 67.3 Å². The first-order chi connectivity index (χ1) is 19.6. The van der Waals surface area contributed by atoms with Crippen molar-refractivity contribution in [3.63, 3.8) is 0 Å². The van der Waals surface area contributed by atoms with Crippen molar-refractivity contribution in [3.05, 3.63) is 47.2 Å².